The Bertz CT molecular complexity index is 2330. The van der Waals surface area contributed by atoms with Crippen molar-refractivity contribution >= 4 is 82.5 Å². The quantitative estimate of drug-likeness (QED) is 0.0798. The van der Waals surface area contributed by atoms with Gasteiger partial charge in [0.05, 0.1) is 0 Å². The molecule has 0 unspecified atom stereocenters. The molecule has 21 nitrogen and oxygen atoms in total. The van der Waals surface area contributed by atoms with E-state index in [9.17, 15) is 40.9 Å². The zero-order valence-corrected chi connectivity index (χ0v) is 25.1. The Kier molecular flexibility index (Phi) is 7.93. The highest BCUT2D eigenvalue weighted by molar-refractivity contribution is 7.86. The molecule has 0 spiro atoms. The van der Waals surface area contributed by atoms with Gasteiger partial charge in [0.1, 0.15) is 33.8 Å². The largest absolute Gasteiger partial charge is 0.505 e. The summed E-state index contributed by atoms with van der Waals surface area (Å²) in [5, 5.41) is 55.9. The monoisotopic (exact) mass is 694 g/mol. The number of rotatable bonds is 8. The minimum absolute atomic E-state index is 0.0896. The van der Waals surface area contributed by atoms with Gasteiger partial charge in [0.15, 0.2) is 11.5 Å². The van der Waals surface area contributed by atoms with Crippen LogP contribution >= 0.6 is 0 Å². The van der Waals surface area contributed by atoms with Crippen LogP contribution in [0.15, 0.2) is 91.4 Å². The van der Waals surface area contributed by atoms with Gasteiger partial charge in [-0.1, -0.05) is 0 Å². The van der Waals surface area contributed by atoms with Crippen molar-refractivity contribution in [2.75, 3.05) is 10.6 Å². The van der Waals surface area contributed by atoms with Crippen molar-refractivity contribution in [2.45, 2.75) is 9.79 Å². The van der Waals surface area contributed by atoms with Crippen LogP contribution in [-0.4, -0.2) is 72.5 Å². The summed E-state index contributed by atoms with van der Waals surface area (Å²) in [6, 6.07) is 9.34. The number of nitrogens with one attached hydrogen (secondary N) is 4. The first-order chi connectivity index (χ1) is 22.8. The number of benzene rings is 4. The van der Waals surface area contributed by atoms with Gasteiger partial charge in [-0.25, -0.2) is 4.79 Å². The van der Waals surface area contributed by atoms with E-state index in [-0.39, 0.29) is 44.8 Å². The number of carbonyl (C=O) groups is 1. The Labute approximate surface area is 267 Å². The van der Waals surface area contributed by atoms with Crippen LogP contribution in [0.5, 0.6) is 11.5 Å². The lowest BCUT2D eigenvalue weighted by Gasteiger charge is -2.13. The number of aromatic nitrogens is 6. The van der Waals surface area contributed by atoms with Gasteiger partial charge in [-0.3, -0.25) is 9.11 Å². The number of phenolic OH excluding ortho intramolecular Hbond substituents is 2. The summed E-state index contributed by atoms with van der Waals surface area (Å²) < 4.78 is 68.0. The Morgan fingerprint density at radius 2 is 1.06 bits per heavy atom. The fourth-order valence-electron chi connectivity index (χ4n) is 4.43. The fraction of sp³-hybridized carbons (Fsp3) is 0. The van der Waals surface area contributed by atoms with E-state index in [1.54, 1.807) is 0 Å². The Morgan fingerprint density at radius 3 is 1.42 bits per heavy atom. The molecular formula is C25H18N12O9S2. The zero-order chi connectivity index (χ0) is 34.2. The maximum Gasteiger partial charge on any atom is 0.323 e. The molecule has 0 fully saturated rings. The third-order valence-corrected chi connectivity index (χ3v) is 8.20. The summed E-state index contributed by atoms with van der Waals surface area (Å²) in [6.45, 7) is 0. The minimum Gasteiger partial charge on any atom is -0.505 e. The zero-order valence-electron chi connectivity index (χ0n) is 23.5. The lowest BCUT2D eigenvalue weighted by atomic mass is 10.1. The molecular weight excluding hydrogens is 676 g/mol. The number of aromatic amines is 2. The number of azo groups is 2. The molecule has 0 aliphatic carbocycles. The fourth-order valence-corrected chi connectivity index (χ4v) is 5.74. The highest BCUT2D eigenvalue weighted by Gasteiger charge is 2.24. The molecule has 2 amide bonds. The molecule has 0 atom stereocenters. The normalized spacial score (nSPS) is 12.4. The summed E-state index contributed by atoms with van der Waals surface area (Å²) in [4.78, 5) is 16.4. The van der Waals surface area contributed by atoms with Crippen molar-refractivity contribution in [2.24, 2.45) is 20.5 Å². The van der Waals surface area contributed by atoms with Crippen molar-refractivity contribution in [3.05, 3.63) is 61.2 Å². The summed E-state index contributed by atoms with van der Waals surface area (Å²) in [5.41, 5.74) is -0.870. The Morgan fingerprint density at radius 1 is 0.646 bits per heavy atom. The number of nitrogens with zero attached hydrogens (tertiary/aromatic N) is 8. The number of carbonyl (C=O) groups excluding carboxylic acids is 1. The van der Waals surface area contributed by atoms with Gasteiger partial charge in [0.2, 0.25) is 0 Å². The summed E-state index contributed by atoms with van der Waals surface area (Å²) in [5.74, 6) is -1.46. The van der Waals surface area contributed by atoms with Crippen LogP contribution in [0.2, 0.25) is 0 Å². The predicted molar refractivity (Wildman–Crippen MR) is 165 cm³/mol. The first-order valence-corrected chi connectivity index (χ1v) is 15.8. The molecule has 0 saturated carbocycles. The van der Waals surface area contributed by atoms with E-state index in [1.807, 2.05) is 0 Å². The highest BCUT2D eigenvalue weighted by Crippen LogP contribution is 2.43. The minimum atomic E-state index is -4.91. The van der Waals surface area contributed by atoms with Crippen LogP contribution in [-0.2, 0) is 20.2 Å². The van der Waals surface area contributed by atoms with Crippen molar-refractivity contribution in [3.8, 4) is 11.5 Å². The van der Waals surface area contributed by atoms with Crippen molar-refractivity contribution in [3.63, 3.8) is 0 Å². The molecule has 4 aromatic carbocycles. The number of urea groups is 1. The van der Waals surface area contributed by atoms with Crippen molar-refractivity contribution in [1.29, 1.82) is 0 Å². The average molecular weight is 695 g/mol. The molecule has 0 aliphatic heterocycles. The molecule has 0 saturated heterocycles. The van der Waals surface area contributed by atoms with Gasteiger partial charge in [-0.15, -0.1) is 40.9 Å². The van der Waals surface area contributed by atoms with Crippen LogP contribution in [0.1, 0.15) is 0 Å². The molecule has 6 rings (SSSR count). The molecule has 48 heavy (non-hydrogen) atoms. The van der Waals surface area contributed by atoms with Crippen LogP contribution in [0, 0.1) is 0 Å². The Balaban J connectivity index is 1.28. The lowest BCUT2D eigenvalue weighted by molar-refractivity contribution is 0.262. The van der Waals surface area contributed by atoms with Gasteiger partial charge >= 0.3 is 6.03 Å². The lowest BCUT2D eigenvalue weighted by Crippen LogP contribution is -2.19. The third-order valence-electron chi connectivity index (χ3n) is 6.47. The van der Waals surface area contributed by atoms with Crippen LogP contribution in [0.25, 0.3) is 21.5 Å². The summed E-state index contributed by atoms with van der Waals surface area (Å²) in [7, 11) is -9.83. The molecule has 0 aliphatic rings. The molecule has 2 aromatic heterocycles. The molecule has 0 radical (unpaired) electrons. The third kappa shape index (κ3) is 6.44. The average Bonchev–Trinajstić information content (AvgIpc) is 3.74. The first kappa shape index (κ1) is 31.5. The molecule has 0 bridgehead atoms. The maximum absolute atomic E-state index is 12.9. The topological polar surface area (TPSA) is 323 Å². The van der Waals surface area contributed by atoms with Gasteiger partial charge in [-0.05, 0) is 59.3 Å². The van der Waals surface area contributed by atoms with Crippen molar-refractivity contribution < 1.29 is 40.9 Å². The summed E-state index contributed by atoms with van der Waals surface area (Å²) in [6.07, 6.45) is 2.39. The van der Waals surface area contributed by atoms with E-state index in [1.165, 1.54) is 49.1 Å². The van der Waals surface area contributed by atoms with E-state index in [2.05, 4.69) is 61.5 Å². The standard InChI is InChI=1S/C25H18N12O9S2/c38-21-15-3-1-13(5-11(15)7-17(47(41,42)43)19(21)32-36-23-26-9-28-34-23)30-25(40)31-14-2-4-16-12(6-14)8-18(48(44,45)46)20(22(16)39)33-37-24-27-10-29-35-24/h1-10,38-39H,(H,26,28,34)(H,27,29,35)(H2,30,31,40)(H,41,42,43)(H,44,45,46). The van der Waals surface area contributed by atoms with Gasteiger partial charge < -0.3 is 30.8 Å². The van der Waals surface area contributed by atoms with Crippen LogP contribution < -0.4 is 10.6 Å². The van der Waals surface area contributed by atoms with Crippen molar-refractivity contribution in [1.82, 2.24) is 30.4 Å². The predicted octanol–water partition coefficient (Wildman–Crippen LogP) is 4.61. The van der Waals surface area contributed by atoms with E-state index in [0.29, 0.717) is 0 Å². The second-order valence-electron chi connectivity index (χ2n) is 9.57. The van der Waals surface area contributed by atoms with E-state index in [4.69, 9.17) is 0 Å². The number of hydrogen-bond donors (Lipinski definition) is 8. The first-order valence-electron chi connectivity index (χ1n) is 13.0. The second kappa shape index (κ2) is 12.1. The number of fused-ring (bicyclic) bond motifs is 2. The van der Waals surface area contributed by atoms with E-state index in [0.717, 1.165) is 12.1 Å². The summed E-state index contributed by atoms with van der Waals surface area (Å²) >= 11 is 0. The van der Waals surface area contributed by atoms with E-state index >= 15 is 0 Å². The SMILES string of the molecule is O=C(Nc1ccc2c(O)c(N=Nc3nnc[nH]3)c(S(=O)(=O)O)cc2c1)Nc1ccc2c(O)c(N=Nc3nnc[nH]3)c(S(=O)(=O)O)cc2c1. The van der Waals surface area contributed by atoms with Gasteiger partial charge in [0.25, 0.3) is 32.1 Å². The number of phenols is 2. The number of anilines is 2. The number of H-pyrrole nitrogens is 2. The molecule has 2 heterocycles. The van der Waals surface area contributed by atoms with Crippen LogP contribution in [0.4, 0.5) is 39.4 Å². The second-order valence-corrected chi connectivity index (χ2v) is 12.3. The smallest absolute Gasteiger partial charge is 0.323 e. The number of amides is 2. The van der Waals surface area contributed by atoms with Gasteiger partial charge in [0, 0.05) is 22.1 Å². The number of hydrogen-bond acceptors (Lipinski definition) is 15. The molecule has 6 aromatic rings. The Hall–Kier alpha value is -6.43. The highest BCUT2D eigenvalue weighted by atomic mass is 32.2. The molecule has 23 heteroatoms. The molecule has 8 N–H and O–H groups in total. The van der Waals surface area contributed by atoms with E-state index < -0.39 is 58.9 Å². The number of aromatic hydroxyl groups is 2. The van der Waals surface area contributed by atoms with Gasteiger partial charge in [-0.2, -0.15) is 16.8 Å². The maximum atomic E-state index is 12.9. The molecule has 244 valence electrons. The van der Waals surface area contributed by atoms with Crippen LogP contribution in [0.3, 0.4) is 0 Å².